The summed E-state index contributed by atoms with van der Waals surface area (Å²) in [6, 6.07) is -0.121. The van der Waals surface area contributed by atoms with Crippen molar-refractivity contribution in [2.24, 2.45) is 0 Å². The molecule has 5 nitrogen and oxygen atoms in total. The van der Waals surface area contributed by atoms with Gasteiger partial charge in [-0.15, -0.1) is 0 Å². The Morgan fingerprint density at radius 3 is 2.88 bits per heavy atom. The Hall–Kier alpha value is -0.650. The van der Waals surface area contributed by atoms with Gasteiger partial charge in [-0.3, -0.25) is 4.79 Å². The number of nitrogens with one attached hydrogen (secondary N) is 2. The third kappa shape index (κ3) is 4.47. The van der Waals surface area contributed by atoms with Gasteiger partial charge < -0.3 is 20.1 Å². The summed E-state index contributed by atoms with van der Waals surface area (Å²) in [4.78, 5) is 11.7. The van der Waals surface area contributed by atoms with Crippen molar-refractivity contribution in [1.82, 2.24) is 10.6 Å². The molecular weight excluding hydrogens is 208 g/mol. The van der Waals surface area contributed by atoms with E-state index >= 15 is 0 Å². The van der Waals surface area contributed by atoms with E-state index in [1.165, 1.54) is 0 Å². The van der Waals surface area contributed by atoms with Crippen LogP contribution in [0.5, 0.6) is 0 Å². The summed E-state index contributed by atoms with van der Waals surface area (Å²) in [6.07, 6.45) is 1.11. The van der Waals surface area contributed by atoms with Crippen LogP contribution < -0.4 is 10.6 Å². The molecule has 0 aromatic carbocycles. The van der Waals surface area contributed by atoms with Crippen molar-refractivity contribution in [2.45, 2.75) is 38.5 Å². The van der Waals surface area contributed by atoms with Crippen LogP contribution in [-0.2, 0) is 14.3 Å². The molecule has 1 saturated heterocycles. The Balaban J connectivity index is 2.11. The monoisotopic (exact) mass is 230 g/mol. The van der Waals surface area contributed by atoms with Crippen LogP contribution in [0.15, 0.2) is 0 Å². The quantitative estimate of drug-likeness (QED) is 0.626. The zero-order chi connectivity index (χ0) is 12.0. The SMILES string of the molecule is COC1CNC(C(=O)NCCOC(C)C)C1. The molecule has 0 spiro atoms. The first-order chi connectivity index (χ1) is 7.63. The van der Waals surface area contributed by atoms with Gasteiger partial charge in [0.1, 0.15) is 0 Å². The topological polar surface area (TPSA) is 59.6 Å². The lowest BCUT2D eigenvalue weighted by Gasteiger charge is -2.12. The molecule has 1 fully saturated rings. The summed E-state index contributed by atoms with van der Waals surface area (Å²) in [5.41, 5.74) is 0. The number of hydrogen-bond acceptors (Lipinski definition) is 4. The minimum absolute atomic E-state index is 0.0342. The van der Waals surface area contributed by atoms with E-state index in [1.807, 2.05) is 13.8 Å². The van der Waals surface area contributed by atoms with Crippen LogP contribution >= 0.6 is 0 Å². The van der Waals surface area contributed by atoms with Gasteiger partial charge in [-0.2, -0.15) is 0 Å². The smallest absolute Gasteiger partial charge is 0.237 e. The molecular formula is C11H22N2O3. The molecule has 2 N–H and O–H groups in total. The highest BCUT2D eigenvalue weighted by Crippen LogP contribution is 2.09. The lowest BCUT2D eigenvalue weighted by atomic mass is 10.2. The van der Waals surface area contributed by atoms with Gasteiger partial charge in [0.25, 0.3) is 0 Å². The van der Waals surface area contributed by atoms with Gasteiger partial charge in [-0.1, -0.05) is 0 Å². The number of carbonyl (C=O) groups excluding carboxylic acids is 1. The van der Waals surface area contributed by atoms with Crippen molar-refractivity contribution in [3.05, 3.63) is 0 Å². The minimum atomic E-state index is -0.121. The van der Waals surface area contributed by atoms with Crippen LogP contribution in [0.1, 0.15) is 20.3 Å². The maximum atomic E-state index is 11.7. The van der Waals surface area contributed by atoms with Crippen molar-refractivity contribution < 1.29 is 14.3 Å². The molecule has 2 atom stereocenters. The maximum absolute atomic E-state index is 11.7. The first kappa shape index (κ1) is 13.4. The Bertz CT molecular complexity index is 221. The number of ether oxygens (including phenoxy) is 2. The van der Waals surface area contributed by atoms with E-state index in [2.05, 4.69) is 10.6 Å². The minimum Gasteiger partial charge on any atom is -0.380 e. The zero-order valence-electron chi connectivity index (χ0n) is 10.3. The van der Waals surface area contributed by atoms with E-state index < -0.39 is 0 Å². The third-order valence-electron chi connectivity index (χ3n) is 2.59. The van der Waals surface area contributed by atoms with Crippen LogP contribution in [0.2, 0.25) is 0 Å². The highest BCUT2D eigenvalue weighted by Gasteiger charge is 2.28. The van der Waals surface area contributed by atoms with Gasteiger partial charge in [0.15, 0.2) is 0 Å². The summed E-state index contributed by atoms with van der Waals surface area (Å²) >= 11 is 0. The van der Waals surface area contributed by atoms with Crippen molar-refractivity contribution in [1.29, 1.82) is 0 Å². The van der Waals surface area contributed by atoms with Gasteiger partial charge in [-0.25, -0.2) is 0 Å². The standard InChI is InChI=1S/C11H22N2O3/c1-8(2)16-5-4-12-11(14)10-6-9(15-3)7-13-10/h8-10,13H,4-7H2,1-3H3,(H,12,14). The third-order valence-corrected chi connectivity index (χ3v) is 2.59. The van der Waals surface area contributed by atoms with Gasteiger partial charge >= 0.3 is 0 Å². The van der Waals surface area contributed by atoms with Gasteiger partial charge in [-0.05, 0) is 20.3 Å². The molecule has 1 rings (SSSR count). The fourth-order valence-electron chi connectivity index (χ4n) is 1.67. The van der Waals surface area contributed by atoms with Crippen LogP contribution in [0.25, 0.3) is 0 Å². The van der Waals surface area contributed by atoms with Gasteiger partial charge in [0.2, 0.25) is 5.91 Å². The van der Waals surface area contributed by atoms with Crippen LogP contribution in [0.4, 0.5) is 0 Å². The molecule has 1 amide bonds. The van der Waals surface area contributed by atoms with E-state index in [0.29, 0.717) is 13.2 Å². The fourth-order valence-corrected chi connectivity index (χ4v) is 1.67. The van der Waals surface area contributed by atoms with Crippen molar-refractivity contribution in [2.75, 3.05) is 26.8 Å². The van der Waals surface area contributed by atoms with Crippen LogP contribution in [0.3, 0.4) is 0 Å². The Kier molecular flexibility index (Phi) is 5.73. The molecule has 0 aromatic heterocycles. The molecule has 5 heteroatoms. The maximum Gasteiger partial charge on any atom is 0.237 e. The normalized spacial score (nSPS) is 25.0. The van der Waals surface area contributed by atoms with E-state index in [0.717, 1.165) is 13.0 Å². The number of carbonyl (C=O) groups is 1. The summed E-state index contributed by atoms with van der Waals surface area (Å²) in [5, 5.41) is 5.97. The second-order valence-corrected chi connectivity index (χ2v) is 4.26. The first-order valence-corrected chi connectivity index (χ1v) is 5.79. The van der Waals surface area contributed by atoms with E-state index in [1.54, 1.807) is 7.11 Å². The average Bonchev–Trinajstić information content (AvgIpc) is 2.72. The van der Waals surface area contributed by atoms with Crippen LogP contribution in [0, 0.1) is 0 Å². The summed E-state index contributed by atoms with van der Waals surface area (Å²) in [6.45, 7) is 5.82. The number of hydrogen-bond donors (Lipinski definition) is 2. The van der Waals surface area contributed by atoms with Crippen molar-refractivity contribution in [3.63, 3.8) is 0 Å². The zero-order valence-corrected chi connectivity index (χ0v) is 10.3. The Labute approximate surface area is 96.9 Å². The number of amides is 1. The predicted octanol–water partition coefficient (Wildman–Crippen LogP) is -0.0955. The van der Waals surface area contributed by atoms with Gasteiger partial charge in [0, 0.05) is 20.2 Å². The largest absolute Gasteiger partial charge is 0.380 e. The molecule has 0 saturated carbocycles. The van der Waals surface area contributed by atoms with Gasteiger partial charge in [0.05, 0.1) is 24.9 Å². The number of rotatable bonds is 6. The highest BCUT2D eigenvalue weighted by atomic mass is 16.5. The molecule has 94 valence electrons. The molecule has 0 aliphatic carbocycles. The first-order valence-electron chi connectivity index (χ1n) is 5.79. The Morgan fingerprint density at radius 2 is 2.31 bits per heavy atom. The second-order valence-electron chi connectivity index (χ2n) is 4.26. The molecule has 1 aliphatic rings. The summed E-state index contributed by atoms with van der Waals surface area (Å²) in [7, 11) is 1.67. The predicted molar refractivity (Wildman–Crippen MR) is 61.3 cm³/mol. The molecule has 0 aromatic rings. The van der Waals surface area contributed by atoms with Crippen molar-refractivity contribution in [3.8, 4) is 0 Å². The highest BCUT2D eigenvalue weighted by molar-refractivity contribution is 5.82. The van der Waals surface area contributed by atoms with Crippen molar-refractivity contribution >= 4 is 5.91 Å². The molecule has 16 heavy (non-hydrogen) atoms. The van der Waals surface area contributed by atoms with E-state index in [4.69, 9.17) is 9.47 Å². The Morgan fingerprint density at radius 1 is 1.56 bits per heavy atom. The molecule has 0 bridgehead atoms. The lowest BCUT2D eigenvalue weighted by molar-refractivity contribution is -0.123. The number of methoxy groups -OCH3 is 1. The lowest BCUT2D eigenvalue weighted by Crippen LogP contribution is -2.41. The second kappa shape index (κ2) is 6.83. The van der Waals surface area contributed by atoms with E-state index in [9.17, 15) is 4.79 Å². The fraction of sp³-hybridized carbons (Fsp3) is 0.909. The van der Waals surface area contributed by atoms with Crippen LogP contribution in [-0.4, -0.2) is 51.0 Å². The molecule has 1 aliphatic heterocycles. The average molecular weight is 230 g/mol. The molecule has 0 radical (unpaired) electrons. The molecule has 2 unspecified atom stereocenters. The summed E-state index contributed by atoms with van der Waals surface area (Å²) < 4.78 is 10.5. The van der Waals surface area contributed by atoms with E-state index in [-0.39, 0.29) is 24.2 Å². The summed E-state index contributed by atoms with van der Waals surface area (Å²) in [5.74, 6) is 0.0342. The molecule has 1 heterocycles.